The Bertz CT molecular complexity index is 459. The molecule has 0 N–H and O–H groups in total. The lowest BCUT2D eigenvalue weighted by molar-refractivity contribution is 0.0839. The first kappa shape index (κ1) is 17.3. The second kappa shape index (κ2) is 7.98. The minimum Gasteiger partial charge on any atom is -0.491 e. The second-order valence-electron chi connectivity index (χ2n) is 7.21. The number of para-hydroxylation sites is 1. The summed E-state index contributed by atoms with van der Waals surface area (Å²) in [6.45, 7) is 14.4. The van der Waals surface area contributed by atoms with Crippen LogP contribution in [0.4, 0.5) is 0 Å². The van der Waals surface area contributed by atoms with Gasteiger partial charge in [-0.3, -0.25) is 0 Å². The molecule has 0 radical (unpaired) electrons. The van der Waals surface area contributed by atoms with Crippen LogP contribution in [0.3, 0.4) is 0 Å². The van der Waals surface area contributed by atoms with E-state index in [1.807, 2.05) is 0 Å². The number of rotatable bonds is 7. The number of likely N-dealkylation sites (tertiary alicyclic amines) is 1. The van der Waals surface area contributed by atoms with Crippen molar-refractivity contribution in [2.45, 2.75) is 46.0 Å². The first-order chi connectivity index (χ1) is 10.5. The van der Waals surface area contributed by atoms with E-state index in [1.165, 1.54) is 37.1 Å². The SMILES string of the molecule is Cc1cccc(C(C)(C)C)c1OCCOCCN1CCCC1. The molecule has 0 unspecified atom stereocenters. The van der Waals surface area contributed by atoms with Crippen LogP contribution in [0.5, 0.6) is 5.75 Å². The molecule has 1 aromatic carbocycles. The van der Waals surface area contributed by atoms with Crippen molar-refractivity contribution in [3.8, 4) is 5.75 Å². The number of hydrogen-bond donors (Lipinski definition) is 0. The van der Waals surface area contributed by atoms with Gasteiger partial charge in [0.25, 0.3) is 0 Å². The van der Waals surface area contributed by atoms with Crippen LogP contribution in [0.25, 0.3) is 0 Å². The summed E-state index contributed by atoms with van der Waals surface area (Å²) in [6.07, 6.45) is 2.68. The van der Waals surface area contributed by atoms with E-state index in [-0.39, 0.29) is 5.41 Å². The van der Waals surface area contributed by atoms with Gasteiger partial charge < -0.3 is 14.4 Å². The number of nitrogens with zero attached hydrogens (tertiary/aromatic N) is 1. The summed E-state index contributed by atoms with van der Waals surface area (Å²) in [4.78, 5) is 2.47. The molecule has 124 valence electrons. The zero-order valence-corrected chi connectivity index (χ0v) is 14.7. The fourth-order valence-corrected chi connectivity index (χ4v) is 2.94. The van der Waals surface area contributed by atoms with Crippen LogP contribution in [0.2, 0.25) is 0 Å². The minimum atomic E-state index is 0.0952. The van der Waals surface area contributed by atoms with Crippen LogP contribution in [0.15, 0.2) is 18.2 Å². The Balaban J connectivity index is 1.74. The van der Waals surface area contributed by atoms with E-state index in [9.17, 15) is 0 Å². The quantitative estimate of drug-likeness (QED) is 0.716. The Morgan fingerprint density at radius 2 is 1.77 bits per heavy atom. The van der Waals surface area contributed by atoms with E-state index in [4.69, 9.17) is 9.47 Å². The largest absolute Gasteiger partial charge is 0.491 e. The summed E-state index contributed by atoms with van der Waals surface area (Å²) in [5.74, 6) is 1.03. The fourth-order valence-electron chi connectivity index (χ4n) is 2.94. The van der Waals surface area contributed by atoms with Crippen LogP contribution < -0.4 is 4.74 Å². The highest BCUT2D eigenvalue weighted by Gasteiger charge is 2.20. The van der Waals surface area contributed by atoms with Gasteiger partial charge in [-0.05, 0) is 49.4 Å². The molecule has 2 rings (SSSR count). The molecule has 0 aromatic heterocycles. The highest BCUT2D eigenvalue weighted by molar-refractivity contribution is 5.44. The fraction of sp³-hybridized carbons (Fsp3) is 0.684. The van der Waals surface area contributed by atoms with E-state index in [1.54, 1.807) is 0 Å². The molecular formula is C19H31NO2. The minimum absolute atomic E-state index is 0.0952. The second-order valence-corrected chi connectivity index (χ2v) is 7.21. The molecule has 0 amide bonds. The lowest BCUT2D eigenvalue weighted by Gasteiger charge is -2.24. The third kappa shape index (κ3) is 4.99. The third-order valence-electron chi connectivity index (χ3n) is 4.24. The van der Waals surface area contributed by atoms with E-state index in [0.29, 0.717) is 13.2 Å². The van der Waals surface area contributed by atoms with Crippen molar-refractivity contribution in [1.82, 2.24) is 4.90 Å². The topological polar surface area (TPSA) is 21.7 Å². The van der Waals surface area contributed by atoms with Crippen molar-refractivity contribution in [2.24, 2.45) is 0 Å². The lowest BCUT2D eigenvalue weighted by Crippen LogP contribution is -2.24. The van der Waals surface area contributed by atoms with Crippen LogP contribution in [-0.4, -0.2) is 44.4 Å². The Morgan fingerprint density at radius 1 is 1.05 bits per heavy atom. The van der Waals surface area contributed by atoms with Gasteiger partial charge in [0.15, 0.2) is 0 Å². The molecular weight excluding hydrogens is 274 g/mol. The number of hydrogen-bond acceptors (Lipinski definition) is 3. The van der Waals surface area contributed by atoms with Crippen molar-refractivity contribution >= 4 is 0 Å². The van der Waals surface area contributed by atoms with Crippen molar-refractivity contribution in [1.29, 1.82) is 0 Å². The zero-order valence-electron chi connectivity index (χ0n) is 14.7. The molecule has 0 saturated carbocycles. The molecule has 1 aromatic rings. The maximum absolute atomic E-state index is 6.03. The molecule has 1 heterocycles. The number of benzene rings is 1. The molecule has 0 atom stereocenters. The number of aryl methyl sites for hydroxylation is 1. The van der Waals surface area contributed by atoms with Gasteiger partial charge in [0, 0.05) is 6.54 Å². The van der Waals surface area contributed by atoms with Crippen molar-refractivity contribution in [3.63, 3.8) is 0 Å². The van der Waals surface area contributed by atoms with Crippen LogP contribution in [0.1, 0.15) is 44.7 Å². The van der Waals surface area contributed by atoms with Gasteiger partial charge in [0.2, 0.25) is 0 Å². The maximum atomic E-state index is 6.03. The van der Waals surface area contributed by atoms with Gasteiger partial charge in [-0.2, -0.15) is 0 Å². The lowest BCUT2D eigenvalue weighted by atomic mass is 9.85. The summed E-state index contributed by atoms with van der Waals surface area (Å²) in [5, 5.41) is 0. The van der Waals surface area contributed by atoms with E-state index >= 15 is 0 Å². The molecule has 1 saturated heterocycles. The predicted molar refractivity (Wildman–Crippen MR) is 91.9 cm³/mol. The Kier molecular flexibility index (Phi) is 6.27. The van der Waals surface area contributed by atoms with Crippen LogP contribution >= 0.6 is 0 Å². The first-order valence-corrected chi connectivity index (χ1v) is 8.51. The predicted octanol–water partition coefficient (Wildman–Crippen LogP) is 3.78. The molecule has 0 bridgehead atoms. The van der Waals surface area contributed by atoms with Crippen LogP contribution in [-0.2, 0) is 10.2 Å². The number of ether oxygens (including phenoxy) is 2. The van der Waals surface area contributed by atoms with Gasteiger partial charge >= 0.3 is 0 Å². The highest BCUT2D eigenvalue weighted by atomic mass is 16.5. The molecule has 1 aliphatic rings. The van der Waals surface area contributed by atoms with Crippen molar-refractivity contribution < 1.29 is 9.47 Å². The van der Waals surface area contributed by atoms with Crippen molar-refractivity contribution in [2.75, 3.05) is 39.5 Å². The Morgan fingerprint density at radius 3 is 2.45 bits per heavy atom. The molecule has 0 spiro atoms. The zero-order chi connectivity index (χ0) is 16.0. The summed E-state index contributed by atoms with van der Waals surface area (Å²) >= 11 is 0. The van der Waals surface area contributed by atoms with Gasteiger partial charge in [-0.25, -0.2) is 0 Å². The third-order valence-corrected chi connectivity index (χ3v) is 4.24. The average molecular weight is 305 g/mol. The summed E-state index contributed by atoms with van der Waals surface area (Å²) in [6, 6.07) is 6.38. The molecule has 1 aliphatic heterocycles. The molecule has 3 heteroatoms. The van der Waals surface area contributed by atoms with Gasteiger partial charge in [0.1, 0.15) is 12.4 Å². The Hall–Kier alpha value is -1.06. The molecule has 0 aliphatic carbocycles. The first-order valence-electron chi connectivity index (χ1n) is 8.51. The summed E-state index contributed by atoms with van der Waals surface area (Å²) in [7, 11) is 0. The van der Waals surface area contributed by atoms with Crippen LogP contribution in [0, 0.1) is 6.92 Å². The van der Waals surface area contributed by atoms with Gasteiger partial charge in [-0.15, -0.1) is 0 Å². The smallest absolute Gasteiger partial charge is 0.126 e. The maximum Gasteiger partial charge on any atom is 0.126 e. The van der Waals surface area contributed by atoms with E-state index < -0.39 is 0 Å². The molecule has 22 heavy (non-hydrogen) atoms. The summed E-state index contributed by atoms with van der Waals surface area (Å²) in [5.41, 5.74) is 2.56. The Labute approximate surface area is 135 Å². The van der Waals surface area contributed by atoms with E-state index in [0.717, 1.165) is 18.9 Å². The normalized spacial score (nSPS) is 16.2. The summed E-state index contributed by atoms with van der Waals surface area (Å²) < 4.78 is 11.7. The standard InChI is InChI=1S/C19H31NO2/c1-16-8-7-9-17(19(2,3)4)18(16)22-15-14-21-13-12-20-10-5-6-11-20/h7-9H,5-6,10-15H2,1-4H3. The molecule has 1 fully saturated rings. The average Bonchev–Trinajstić information content (AvgIpc) is 2.96. The van der Waals surface area contributed by atoms with E-state index in [2.05, 4.69) is 50.8 Å². The molecule has 3 nitrogen and oxygen atoms in total. The van der Waals surface area contributed by atoms with Crippen molar-refractivity contribution in [3.05, 3.63) is 29.3 Å². The highest BCUT2D eigenvalue weighted by Crippen LogP contribution is 2.33. The van der Waals surface area contributed by atoms with Gasteiger partial charge in [0.05, 0.1) is 13.2 Å². The monoisotopic (exact) mass is 305 g/mol. The van der Waals surface area contributed by atoms with Gasteiger partial charge in [-0.1, -0.05) is 39.0 Å².